The third kappa shape index (κ3) is 2.52. The smallest absolute Gasteiger partial charge is 0.132 e. The fourth-order valence-electron chi connectivity index (χ4n) is 3.37. The average Bonchev–Trinajstić information content (AvgIpc) is 3.00. The number of fused-ring (bicyclic) bond motifs is 3. The van der Waals surface area contributed by atoms with E-state index >= 15 is 0 Å². The highest BCUT2D eigenvalue weighted by Gasteiger charge is 2.25. The Labute approximate surface area is 139 Å². The molecule has 3 aromatic rings. The Morgan fingerprint density at radius 2 is 1.83 bits per heavy atom. The summed E-state index contributed by atoms with van der Waals surface area (Å²) in [6, 6.07) is 13.2. The Balaban J connectivity index is 1.68. The van der Waals surface area contributed by atoms with Gasteiger partial charge >= 0.3 is 0 Å². The van der Waals surface area contributed by atoms with Gasteiger partial charge in [0.1, 0.15) is 23.3 Å². The lowest BCUT2D eigenvalue weighted by molar-refractivity contribution is 0.413. The summed E-state index contributed by atoms with van der Waals surface area (Å²) in [5.41, 5.74) is 3.19. The van der Waals surface area contributed by atoms with Crippen LogP contribution >= 0.6 is 0 Å². The molecule has 0 amide bonds. The normalized spacial score (nSPS) is 16.6. The molecule has 2 aromatic carbocycles. The molecule has 1 aliphatic carbocycles. The minimum Gasteiger partial charge on any atom is -0.497 e. The van der Waals surface area contributed by atoms with Crippen LogP contribution in [0.25, 0.3) is 10.9 Å². The Morgan fingerprint density at radius 1 is 1.08 bits per heavy atom. The van der Waals surface area contributed by atoms with Crippen LogP contribution in [0.5, 0.6) is 17.2 Å². The highest BCUT2D eigenvalue weighted by Crippen LogP contribution is 2.38. The summed E-state index contributed by atoms with van der Waals surface area (Å²) in [6.45, 7) is 0. The maximum absolute atomic E-state index is 11.1. The highest BCUT2D eigenvalue weighted by molar-refractivity contribution is 5.86. The lowest BCUT2D eigenvalue weighted by atomic mass is 9.92. The van der Waals surface area contributed by atoms with Crippen molar-refractivity contribution in [2.24, 2.45) is 5.18 Å². The molecule has 0 saturated carbocycles. The third-order valence-corrected chi connectivity index (χ3v) is 4.57. The molecule has 1 N–H and O–H groups in total. The van der Waals surface area contributed by atoms with Crippen LogP contribution in [0.4, 0.5) is 0 Å². The first kappa shape index (κ1) is 14.8. The average molecular weight is 322 g/mol. The molecule has 1 unspecified atom stereocenters. The number of hydrogen-bond donors (Lipinski definition) is 1. The number of hydrogen-bond acceptors (Lipinski definition) is 4. The highest BCUT2D eigenvalue weighted by atomic mass is 16.5. The van der Waals surface area contributed by atoms with Crippen LogP contribution in [0.1, 0.15) is 30.1 Å². The van der Waals surface area contributed by atoms with Gasteiger partial charge in [-0.05, 0) is 67.3 Å². The quantitative estimate of drug-likeness (QED) is 0.679. The second kappa shape index (κ2) is 6.00. The summed E-state index contributed by atoms with van der Waals surface area (Å²) in [4.78, 5) is 14.4. The van der Waals surface area contributed by atoms with E-state index in [1.54, 1.807) is 7.11 Å². The number of aromatic amines is 1. The molecule has 122 valence electrons. The number of nitroso groups, excluding NO2 is 1. The van der Waals surface area contributed by atoms with Gasteiger partial charge < -0.3 is 14.5 Å². The molecule has 0 radical (unpaired) electrons. The molecular formula is C19H18N2O3. The molecule has 24 heavy (non-hydrogen) atoms. The van der Waals surface area contributed by atoms with Crippen LogP contribution in [-0.2, 0) is 6.42 Å². The summed E-state index contributed by atoms with van der Waals surface area (Å²) in [5.74, 6) is 2.33. The summed E-state index contributed by atoms with van der Waals surface area (Å²) in [5, 5.41) is 4.38. The van der Waals surface area contributed by atoms with Crippen molar-refractivity contribution in [1.82, 2.24) is 4.98 Å². The molecule has 0 fully saturated rings. The number of H-pyrrole nitrogens is 1. The molecule has 5 heteroatoms. The molecule has 1 aliphatic rings. The number of nitrogens with zero attached hydrogens (tertiary/aromatic N) is 1. The second-order valence-electron chi connectivity index (χ2n) is 6.02. The van der Waals surface area contributed by atoms with Gasteiger partial charge in [0, 0.05) is 16.6 Å². The minimum atomic E-state index is -0.257. The van der Waals surface area contributed by atoms with Crippen LogP contribution in [0.2, 0.25) is 0 Å². The van der Waals surface area contributed by atoms with Crippen molar-refractivity contribution in [2.75, 3.05) is 7.11 Å². The van der Waals surface area contributed by atoms with E-state index in [1.807, 2.05) is 42.5 Å². The number of aryl methyl sites for hydroxylation is 1. The summed E-state index contributed by atoms with van der Waals surface area (Å²) >= 11 is 0. The number of rotatable bonds is 4. The van der Waals surface area contributed by atoms with Crippen molar-refractivity contribution in [3.05, 3.63) is 58.6 Å². The SMILES string of the molecule is COc1ccc(Oc2ccc3[nH]c4c(c3c2)CCCC4N=O)cc1. The van der Waals surface area contributed by atoms with Gasteiger partial charge in [-0.25, -0.2) is 0 Å². The molecule has 0 saturated heterocycles. The van der Waals surface area contributed by atoms with E-state index in [1.165, 1.54) is 5.56 Å². The van der Waals surface area contributed by atoms with Crippen molar-refractivity contribution in [3.8, 4) is 17.2 Å². The molecule has 1 heterocycles. The predicted molar refractivity (Wildman–Crippen MR) is 92.8 cm³/mol. The predicted octanol–water partition coefficient (Wildman–Crippen LogP) is 5.11. The fourth-order valence-corrected chi connectivity index (χ4v) is 3.37. The number of aromatic nitrogens is 1. The van der Waals surface area contributed by atoms with Crippen LogP contribution in [0.3, 0.4) is 0 Å². The summed E-state index contributed by atoms with van der Waals surface area (Å²) in [6.07, 6.45) is 2.77. The maximum Gasteiger partial charge on any atom is 0.132 e. The summed E-state index contributed by atoms with van der Waals surface area (Å²) in [7, 11) is 1.64. The Kier molecular flexibility index (Phi) is 3.69. The van der Waals surface area contributed by atoms with Crippen LogP contribution in [0, 0.1) is 4.91 Å². The molecule has 5 nitrogen and oxygen atoms in total. The van der Waals surface area contributed by atoms with Crippen molar-refractivity contribution in [1.29, 1.82) is 0 Å². The van der Waals surface area contributed by atoms with Gasteiger partial charge in [0.2, 0.25) is 0 Å². The van der Waals surface area contributed by atoms with Crippen molar-refractivity contribution in [3.63, 3.8) is 0 Å². The topological polar surface area (TPSA) is 63.7 Å². The van der Waals surface area contributed by atoms with Gasteiger partial charge in [-0.2, -0.15) is 4.91 Å². The van der Waals surface area contributed by atoms with Crippen LogP contribution in [0.15, 0.2) is 47.6 Å². The number of ether oxygens (including phenoxy) is 2. The van der Waals surface area contributed by atoms with Crippen molar-refractivity contribution >= 4 is 10.9 Å². The Morgan fingerprint density at radius 3 is 2.58 bits per heavy atom. The van der Waals surface area contributed by atoms with Crippen molar-refractivity contribution < 1.29 is 9.47 Å². The minimum absolute atomic E-state index is 0.257. The molecule has 4 rings (SSSR count). The monoisotopic (exact) mass is 322 g/mol. The van der Waals surface area contributed by atoms with Gasteiger partial charge in [-0.3, -0.25) is 0 Å². The van der Waals surface area contributed by atoms with E-state index in [9.17, 15) is 4.91 Å². The second-order valence-corrected chi connectivity index (χ2v) is 6.02. The standard InChI is InChI=1S/C19H18N2O3/c1-23-12-5-7-13(8-6-12)24-14-9-10-17-16(11-14)15-3-2-4-18(21-22)19(15)20-17/h5-11,18,20H,2-4H2,1H3. The maximum atomic E-state index is 11.1. The number of nitrogens with one attached hydrogen (secondary N) is 1. The zero-order chi connectivity index (χ0) is 16.5. The largest absolute Gasteiger partial charge is 0.497 e. The van der Waals surface area contributed by atoms with Gasteiger partial charge in [0.15, 0.2) is 0 Å². The number of methoxy groups -OCH3 is 1. The first-order valence-electron chi connectivity index (χ1n) is 8.07. The van der Waals surface area contributed by atoms with E-state index in [-0.39, 0.29) is 6.04 Å². The zero-order valence-electron chi connectivity index (χ0n) is 13.4. The van der Waals surface area contributed by atoms with E-state index in [4.69, 9.17) is 9.47 Å². The Bertz CT molecular complexity index is 884. The van der Waals surface area contributed by atoms with E-state index in [0.717, 1.165) is 53.1 Å². The molecule has 0 aliphatic heterocycles. The molecule has 1 aromatic heterocycles. The van der Waals surface area contributed by atoms with Gasteiger partial charge in [0.25, 0.3) is 0 Å². The molecule has 0 spiro atoms. The lowest BCUT2D eigenvalue weighted by Crippen LogP contribution is -2.06. The first-order chi connectivity index (χ1) is 11.8. The summed E-state index contributed by atoms with van der Waals surface area (Å²) < 4.78 is 11.1. The number of benzene rings is 2. The first-order valence-corrected chi connectivity index (χ1v) is 8.07. The van der Waals surface area contributed by atoms with Crippen LogP contribution < -0.4 is 9.47 Å². The van der Waals surface area contributed by atoms with E-state index < -0.39 is 0 Å². The van der Waals surface area contributed by atoms with Crippen LogP contribution in [-0.4, -0.2) is 12.1 Å². The van der Waals surface area contributed by atoms with Gasteiger partial charge in [-0.15, -0.1) is 0 Å². The zero-order valence-corrected chi connectivity index (χ0v) is 13.4. The van der Waals surface area contributed by atoms with E-state index in [2.05, 4.69) is 10.2 Å². The van der Waals surface area contributed by atoms with E-state index in [0.29, 0.717) is 0 Å². The Hall–Kier alpha value is -2.82. The van der Waals surface area contributed by atoms with Gasteiger partial charge in [0.05, 0.1) is 7.11 Å². The molecular weight excluding hydrogens is 304 g/mol. The molecule has 1 atom stereocenters. The lowest BCUT2D eigenvalue weighted by Gasteiger charge is -2.16. The third-order valence-electron chi connectivity index (χ3n) is 4.57. The van der Waals surface area contributed by atoms with Gasteiger partial charge in [-0.1, -0.05) is 5.18 Å². The fraction of sp³-hybridized carbons (Fsp3) is 0.263. The van der Waals surface area contributed by atoms with Crippen molar-refractivity contribution in [2.45, 2.75) is 25.3 Å². The molecule has 0 bridgehead atoms.